The Morgan fingerprint density at radius 2 is 2.10 bits per heavy atom. The number of H-pyrrole nitrogens is 1. The SMILES string of the molecule is CC(C)N1CCC(c2nc3c(C(N)=O)cncc3[nH]2)CC1. The summed E-state index contributed by atoms with van der Waals surface area (Å²) in [5.74, 6) is 0.873. The summed E-state index contributed by atoms with van der Waals surface area (Å²) in [5, 5.41) is 0. The highest BCUT2D eigenvalue weighted by molar-refractivity contribution is 6.03. The number of carbonyl (C=O) groups excluding carboxylic acids is 1. The summed E-state index contributed by atoms with van der Waals surface area (Å²) in [7, 11) is 0. The van der Waals surface area contributed by atoms with E-state index in [2.05, 4.69) is 33.7 Å². The topological polar surface area (TPSA) is 87.9 Å². The van der Waals surface area contributed by atoms with Gasteiger partial charge in [-0.25, -0.2) is 4.98 Å². The fourth-order valence-electron chi connectivity index (χ4n) is 3.01. The number of primary amides is 1. The van der Waals surface area contributed by atoms with E-state index in [1.165, 1.54) is 6.20 Å². The van der Waals surface area contributed by atoms with E-state index in [1.807, 2.05) is 0 Å². The lowest BCUT2D eigenvalue weighted by Crippen LogP contribution is -2.38. The molecule has 0 aromatic carbocycles. The van der Waals surface area contributed by atoms with E-state index in [0.717, 1.165) is 37.3 Å². The second-order valence-corrected chi connectivity index (χ2v) is 5.97. The molecule has 3 N–H and O–H groups in total. The normalized spacial score (nSPS) is 17.7. The van der Waals surface area contributed by atoms with Gasteiger partial charge in [0.2, 0.25) is 0 Å². The van der Waals surface area contributed by atoms with Crippen molar-refractivity contribution in [3.05, 3.63) is 23.8 Å². The molecule has 112 valence electrons. The van der Waals surface area contributed by atoms with E-state index in [1.54, 1.807) is 6.20 Å². The number of nitrogens with one attached hydrogen (secondary N) is 1. The molecule has 1 saturated heterocycles. The molecule has 1 fully saturated rings. The molecule has 0 aliphatic carbocycles. The van der Waals surface area contributed by atoms with Crippen LogP contribution in [-0.2, 0) is 0 Å². The average molecular weight is 287 g/mol. The first-order chi connectivity index (χ1) is 10.1. The predicted octanol–water partition coefficient (Wildman–Crippen LogP) is 1.64. The van der Waals surface area contributed by atoms with Crippen molar-refractivity contribution in [2.45, 2.75) is 38.6 Å². The van der Waals surface area contributed by atoms with Gasteiger partial charge in [-0.1, -0.05) is 0 Å². The van der Waals surface area contributed by atoms with Gasteiger partial charge in [-0.3, -0.25) is 9.78 Å². The van der Waals surface area contributed by atoms with Crippen LogP contribution in [0.15, 0.2) is 12.4 Å². The number of rotatable bonds is 3. The number of carbonyl (C=O) groups is 1. The monoisotopic (exact) mass is 287 g/mol. The fraction of sp³-hybridized carbons (Fsp3) is 0.533. The van der Waals surface area contributed by atoms with Crippen LogP contribution in [0.3, 0.4) is 0 Å². The van der Waals surface area contributed by atoms with Crippen molar-refractivity contribution in [1.82, 2.24) is 19.9 Å². The zero-order chi connectivity index (χ0) is 15.0. The van der Waals surface area contributed by atoms with E-state index in [0.29, 0.717) is 23.0 Å². The van der Waals surface area contributed by atoms with Crippen LogP contribution in [0.2, 0.25) is 0 Å². The Bertz CT molecular complexity index is 655. The molecule has 6 nitrogen and oxygen atoms in total. The standard InChI is InChI=1S/C15H21N5O/c1-9(2)20-5-3-10(4-6-20)15-18-12-8-17-7-11(14(16)21)13(12)19-15/h7-10H,3-6H2,1-2H3,(H2,16,21)(H,18,19). The molecular weight excluding hydrogens is 266 g/mol. The number of nitrogens with zero attached hydrogens (tertiary/aromatic N) is 3. The lowest BCUT2D eigenvalue weighted by atomic mass is 9.95. The van der Waals surface area contributed by atoms with Gasteiger partial charge in [0.25, 0.3) is 5.91 Å². The maximum atomic E-state index is 11.4. The summed E-state index contributed by atoms with van der Waals surface area (Å²) in [6.07, 6.45) is 5.34. The van der Waals surface area contributed by atoms with Crippen molar-refractivity contribution in [2.24, 2.45) is 5.73 Å². The average Bonchev–Trinajstić information content (AvgIpc) is 2.90. The molecular formula is C15H21N5O. The molecule has 0 unspecified atom stereocenters. The van der Waals surface area contributed by atoms with Crippen molar-refractivity contribution < 1.29 is 4.79 Å². The minimum absolute atomic E-state index is 0.384. The van der Waals surface area contributed by atoms with Gasteiger partial charge in [0.05, 0.1) is 17.3 Å². The van der Waals surface area contributed by atoms with E-state index in [4.69, 9.17) is 5.73 Å². The van der Waals surface area contributed by atoms with E-state index < -0.39 is 5.91 Å². The second-order valence-electron chi connectivity index (χ2n) is 5.97. The van der Waals surface area contributed by atoms with Crippen LogP contribution in [0.1, 0.15) is 48.8 Å². The predicted molar refractivity (Wildman–Crippen MR) is 81.1 cm³/mol. The number of piperidine rings is 1. The van der Waals surface area contributed by atoms with Gasteiger partial charge < -0.3 is 15.6 Å². The van der Waals surface area contributed by atoms with Crippen LogP contribution in [0, 0.1) is 0 Å². The lowest BCUT2D eigenvalue weighted by Gasteiger charge is -2.33. The molecule has 0 radical (unpaired) electrons. The summed E-state index contributed by atoms with van der Waals surface area (Å²) in [6, 6.07) is 0.590. The molecule has 21 heavy (non-hydrogen) atoms. The summed E-state index contributed by atoms with van der Waals surface area (Å²) in [6.45, 7) is 6.62. The zero-order valence-corrected chi connectivity index (χ0v) is 12.5. The van der Waals surface area contributed by atoms with Gasteiger partial charge in [-0.15, -0.1) is 0 Å². The summed E-state index contributed by atoms with van der Waals surface area (Å²) in [5.41, 5.74) is 7.19. The van der Waals surface area contributed by atoms with Crippen LogP contribution in [0.25, 0.3) is 11.0 Å². The molecule has 1 aliphatic heterocycles. The number of fused-ring (bicyclic) bond motifs is 1. The number of pyridine rings is 1. The van der Waals surface area contributed by atoms with E-state index >= 15 is 0 Å². The minimum atomic E-state index is -0.485. The first kappa shape index (κ1) is 14.0. The first-order valence-corrected chi connectivity index (χ1v) is 7.43. The third kappa shape index (κ3) is 2.63. The van der Waals surface area contributed by atoms with Crippen molar-refractivity contribution in [3.63, 3.8) is 0 Å². The van der Waals surface area contributed by atoms with Gasteiger partial charge in [-0.2, -0.15) is 0 Å². The first-order valence-electron chi connectivity index (χ1n) is 7.43. The molecule has 2 aromatic heterocycles. The Kier molecular flexibility index (Phi) is 3.63. The van der Waals surface area contributed by atoms with Crippen molar-refractivity contribution in [2.75, 3.05) is 13.1 Å². The smallest absolute Gasteiger partial charge is 0.252 e. The van der Waals surface area contributed by atoms with Gasteiger partial charge in [-0.05, 0) is 39.8 Å². The van der Waals surface area contributed by atoms with E-state index in [-0.39, 0.29) is 0 Å². The van der Waals surface area contributed by atoms with Crippen LogP contribution in [0.5, 0.6) is 0 Å². The summed E-state index contributed by atoms with van der Waals surface area (Å²) < 4.78 is 0. The Hall–Kier alpha value is -1.95. The number of nitrogens with two attached hydrogens (primary N) is 1. The molecule has 2 aromatic rings. The summed E-state index contributed by atoms with van der Waals surface area (Å²) >= 11 is 0. The molecule has 6 heteroatoms. The number of likely N-dealkylation sites (tertiary alicyclic amines) is 1. The Morgan fingerprint density at radius 3 is 2.71 bits per heavy atom. The lowest BCUT2D eigenvalue weighted by molar-refractivity contribution is 0.100. The number of amides is 1. The van der Waals surface area contributed by atoms with Gasteiger partial charge >= 0.3 is 0 Å². The molecule has 0 spiro atoms. The summed E-state index contributed by atoms with van der Waals surface area (Å²) in [4.78, 5) is 25.9. The van der Waals surface area contributed by atoms with Crippen molar-refractivity contribution in [3.8, 4) is 0 Å². The highest BCUT2D eigenvalue weighted by Crippen LogP contribution is 2.28. The zero-order valence-electron chi connectivity index (χ0n) is 12.5. The number of aromatic nitrogens is 3. The van der Waals surface area contributed by atoms with Crippen molar-refractivity contribution in [1.29, 1.82) is 0 Å². The molecule has 1 amide bonds. The fourth-order valence-corrected chi connectivity index (χ4v) is 3.01. The molecule has 3 rings (SSSR count). The van der Waals surface area contributed by atoms with E-state index in [9.17, 15) is 4.79 Å². The maximum Gasteiger partial charge on any atom is 0.252 e. The Labute approximate surface area is 123 Å². The quantitative estimate of drug-likeness (QED) is 0.898. The molecule has 1 aliphatic rings. The molecule has 3 heterocycles. The molecule has 0 bridgehead atoms. The van der Waals surface area contributed by atoms with Crippen LogP contribution in [-0.4, -0.2) is 44.9 Å². The Morgan fingerprint density at radius 1 is 1.38 bits per heavy atom. The second kappa shape index (κ2) is 5.44. The van der Waals surface area contributed by atoms with Gasteiger partial charge in [0.15, 0.2) is 0 Å². The third-order valence-corrected chi connectivity index (χ3v) is 4.32. The molecule has 0 atom stereocenters. The minimum Gasteiger partial charge on any atom is -0.365 e. The number of hydrogen-bond donors (Lipinski definition) is 2. The van der Waals surface area contributed by atoms with Gasteiger partial charge in [0.1, 0.15) is 11.3 Å². The number of imidazole rings is 1. The number of hydrogen-bond acceptors (Lipinski definition) is 4. The van der Waals surface area contributed by atoms with Crippen molar-refractivity contribution >= 4 is 16.9 Å². The third-order valence-electron chi connectivity index (χ3n) is 4.32. The highest BCUT2D eigenvalue weighted by Gasteiger charge is 2.25. The number of aromatic amines is 1. The molecule has 0 saturated carbocycles. The Balaban J connectivity index is 1.86. The largest absolute Gasteiger partial charge is 0.365 e. The van der Waals surface area contributed by atoms with Crippen LogP contribution >= 0.6 is 0 Å². The highest BCUT2D eigenvalue weighted by atomic mass is 16.1. The maximum absolute atomic E-state index is 11.4. The van der Waals surface area contributed by atoms with Crippen LogP contribution in [0.4, 0.5) is 0 Å². The van der Waals surface area contributed by atoms with Crippen LogP contribution < -0.4 is 5.73 Å². The van der Waals surface area contributed by atoms with Gasteiger partial charge in [0, 0.05) is 18.2 Å².